The lowest BCUT2D eigenvalue weighted by atomic mass is 10.3. The third-order valence-corrected chi connectivity index (χ3v) is 8.28. The van der Waals surface area contributed by atoms with Gasteiger partial charge in [-0.25, -0.2) is 22.0 Å². The third-order valence-electron chi connectivity index (χ3n) is 6.16. The van der Waals surface area contributed by atoms with Gasteiger partial charge in [-0.2, -0.15) is 14.5 Å². The molecule has 2 aromatic carbocycles. The molecule has 2 aliphatic rings. The number of nitrogens with zero attached hydrogens (tertiary/aromatic N) is 2. The first-order valence-electron chi connectivity index (χ1n) is 11.7. The van der Waals surface area contributed by atoms with E-state index in [9.17, 15) is 36.7 Å². The van der Waals surface area contributed by atoms with Crippen LogP contribution in [0, 0.1) is 0 Å². The monoisotopic (exact) mass is 617 g/mol. The van der Waals surface area contributed by atoms with E-state index in [2.05, 4.69) is 15.1 Å². The van der Waals surface area contributed by atoms with Crippen LogP contribution in [-0.2, 0) is 14.8 Å². The molecule has 0 atom stereocenters. The summed E-state index contributed by atoms with van der Waals surface area (Å²) in [5.41, 5.74) is -5.16. The fourth-order valence-electron chi connectivity index (χ4n) is 3.75. The van der Waals surface area contributed by atoms with Crippen LogP contribution < -0.4 is 26.0 Å². The number of amides is 1. The first-order valence-corrected chi connectivity index (χ1v) is 13.9. The van der Waals surface area contributed by atoms with Crippen LogP contribution >= 0.6 is 23.2 Å². The molecule has 0 spiro atoms. The van der Waals surface area contributed by atoms with Crippen molar-refractivity contribution in [3.63, 3.8) is 0 Å². The maximum absolute atomic E-state index is 13.1. The standard InChI is InChI=1S/C23H19Cl2F2N5O7S/c24-13-7-11(32-22(36)29-20(34)17(30-32)19(26)27)8-14(25)18(13)39-12-3-4-15(33)16(9-12)40(37,38)31-23(5-6-23)21(35)28-10-1-2-10/h3-4,7-10,19,31,33H,1-2,5-6H2,(H,28,35)(H,29,34,36). The van der Waals surface area contributed by atoms with Gasteiger partial charge in [-0.3, -0.25) is 14.6 Å². The van der Waals surface area contributed by atoms with Gasteiger partial charge in [-0.05, 0) is 49.9 Å². The predicted octanol–water partition coefficient (Wildman–Crippen LogP) is 2.75. The number of sulfonamides is 1. The van der Waals surface area contributed by atoms with E-state index in [1.54, 1.807) is 4.98 Å². The van der Waals surface area contributed by atoms with Gasteiger partial charge in [0.15, 0.2) is 11.4 Å². The molecule has 0 aliphatic heterocycles. The third kappa shape index (κ3) is 5.54. The predicted molar refractivity (Wildman–Crippen MR) is 137 cm³/mol. The molecule has 4 N–H and O–H groups in total. The molecule has 0 saturated heterocycles. The Morgan fingerprint density at radius 1 is 1.18 bits per heavy atom. The van der Waals surface area contributed by atoms with E-state index < -0.39 is 55.5 Å². The highest BCUT2D eigenvalue weighted by Crippen LogP contribution is 2.41. The maximum atomic E-state index is 13.1. The topological polar surface area (TPSA) is 172 Å². The van der Waals surface area contributed by atoms with Gasteiger partial charge in [0.05, 0.1) is 15.7 Å². The van der Waals surface area contributed by atoms with Crippen molar-refractivity contribution in [2.45, 2.75) is 48.6 Å². The lowest BCUT2D eigenvalue weighted by Gasteiger charge is -2.18. The summed E-state index contributed by atoms with van der Waals surface area (Å²) in [4.78, 5) is 37.4. The van der Waals surface area contributed by atoms with Gasteiger partial charge < -0.3 is 15.2 Å². The number of phenolic OH excluding ortho intramolecular Hbond substituents is 1. The Bertz CT molecular complexity index is 1730. The van der Waals surface area contributed by atoms with Crippen molar-refractivity contribution < 1.29 is 31.8 Å². The Morgan fingerprint density at radius 2 is 1.82 bits per heavy atom. The van der Waals surface area contributed by atoms with Crippen molar-refractivity contribution in [3.8, 4) is 22.9 Å². The zero-order valence-electron chi connectivity index (χ0n) is 20.1. The molecule has 0 unspecified atom stereocenters. The number of aromatic amines is 1. The van der Waals surface area contributed by atoms with Crippen LogP contribution in [0.5, 0.6) is 17.2 Å². The van der Waals surface area contributed by atoms with Crippen LogP contribution in [0.1, 0.15) is 37.8 Å². The Kier molecular flexibility index (Phi) is 7.10. The zero-order valence-corrected chi connectivity index (χ0v) is 22.4. The second-order valence-electron chi connectivity index (χ2n) is 9.26. The van der Waals surface area contributed by atoms with Crippen molar-refractivity contribution in [1.29, 1.82) is 0 Å². The molecule has 1 heterocycles. The second kappa shape index (κ2) is 10.1. The average molecular weight is 618 g/mol. The average Bonchev–Trinajstić information content (AvgIpc) is 3.79. The lowest BCUT2D eigenvalue weighted by Crippen LogP contribution is -2.49. The van der Waals surface area contributed by atoms with Gasteiger partial charge >= 0.3 is 5.69 Å². The van der Waals surface area contributed by atoms with Crippen LogP contribution in [0.3, 0.4) is 0 Å². The molecule has 2 aliphatic carbocycles. The van der Waals surface area contributed by atoms with Crippen molar-refractivity contribution >= 4 is 39.1 Å². The van der Waals surface area contributed by atoms with Crippen molar-refractivity contribution in [1.82, 2.24) is 24.8 Å². The van der Waals surface area contributed by atoms with Crippen LogP contribution in [0.4, 0.5) is 8.78 Å². The SMILES string of the molecule is O=C(NC1CC1)C1(NS(=O)(=O)c2cc(Oc3c(Cl)cc(-n4nc(C(F)F)c(=O)[nH]c4=O)cc3Cl)ccc2O)CC1. The van der Waals surface area contributed by atoms with Gasteiger partial charge in [-0.1, -0.05) is 23.2 Å². The van der Waals surface area contributed by atoms with Gasteiger partial charge in [0.25, 0.3) is 12.0 Å². The number of hydrogen-bond donors (Lipinski definition) is 4. The number of benzene rings is 2. The fourth-order valence-corrected chi connectivity index (χ4v) is 5.84. The van der Waals surface area contributed by atoms with Crippen molar-refractivity contribution in [3.05, 3.63) is 66.9 Å². The summed E-state index contributed by atoms with van der Waals surface area (Å²) in [6.07, 6.45) is -1.01. The molecule has 2 fully saturated rings. The minimum atomic E-state index is -4.39. The largest absolute Gasteiger partial charge is 0.507 e. The van der Waals surface area contributed by atoms with Gasteiger partial charge in [0, 0.05) is 12.1 Å². The molecule has 0 radical (unpaired) electrons. The lowest BCUT2D eigenvalue weighted by molar-refractivity contribution is -0.123. The smallest absolute Gasteiger partial charge is 0.349 e. The molecule has 17 heteroatoms. The summed E-state index contributed by atoms with van der Waals surface area (Å²) >= 11 is 12.5. The summed E-state index contributed by atoms with van der Waals surface area (Å²) in [7, 11) is -4.39. The Labute approximate surface area is 233 Å². The molecular formula is C23H19Cl2F2N5O7S. The number of H-pyrrole nitrogens is 1. The molecular weight excluding hydrogens is 599 g/mol. The number of aromatic nitrogens is 3. The summed E-state index contributed by atoms with van der Waals surface area (Å²) in [5.74, 6) is -1.37. The highest BCUT2D eigenvalue weighted by molar-refractivity contribution is 7.89. The van der Waals surface area contributed by atoms with Gasteiger partial charge in [0.2, 0.25) is 15.9 Å². The summed E-state index contributed by atoms with van der Waals surface area (Å²) < 4.78 is 60.9. The van der Waals surface area contributed by atoms with E-state index in [0.717, 1.165) is 37.1 Å². The number of nitrogens with one attached hydrogen (secondary N) is 3. The summed E-state index contributed by atoms with van der Waals surface area (Å²) in [6, 6.07) is 5.50. The Hall–Kier alpha value is -3.53. The summed E-state index contributed by atoms with van der Waals surface area (Å²) in [6.45, 7) is 0. The number of carbonyl (C=O) groups excluding carboxylic acids is 1. The van der Waals surface area contributed by atoms with E-state index >= 15 is 0 Å². The van der Waals surface area contributed by atoms with Crippen molar-refractivity contribution in [2.24, 2.45) is 0 Å². The number of carbonyl (C=O) groups is 1. The van der Waals surface area contributed by atoms with Crippen LogP contribution in [-0.4, -0.2) is 45.8 Å². The molecule has 0 bridgehead atoms. The van der Waals surface area contributed by atoms with E-state index in [1.165, 1.54) is 6.07 Å². The molecule has 2 saturated carbocycles. The molecule has 40 heavy (non-hydrogen) atoms. The number of alkyl halides is 2. The second-order valence-corrected chi connectivity index (χ2v) is 11.7. The molecule has 1 amide bonds. The first-order chi connectivity index (χ1) is 18.8. The number of phenols is 1. The minimum Gasteiger partial charge on any atom is -0.507 e. The van der Waals surface area contributed by atoms with Crippen LogP contribution in [0.15, 0.2) is 44.8 Å². The Morgan fingerprint density at radius 3 is 2.40 bits per heavy atom. The highest BCUT2D eigenvalue weighted by atomic mass is 35.5. The van der Waals surface area contributed by atoms with Gasteiger partial charge in [0.1, 0.15) is 21.9 Å². The van der Waals surface area contributed by atoms with Crippen LogP contribution in [0.2, 0.25) is 10.0 Å². The van der Waals surface area contributed by atoms with Gasteiger partial charge in [-0.15, -0.1) is 0 Å². The number of rotatable bonds is 9. The fraction of sp³-hybridized carbons (Fsp3) is 0.304. The van der Waals surface area contributed by atoms with E-state index in [-0.39, 0.29) is 33.3 Å². The van der Waals surface area contributed by atoms with Crippen molar-refractivity contribution in [2.75, 3.05) is 0 Å². The quantitative estimate of drug-likeness (QED) is 0.284. The first kappa shape index (κ1) is 28.0. The van der Waals surface area contributed by atoms with E-state index in [4.69, 9.17) is 27.9 Å². The normalized spacial score (nSPS) is 16.1. The highest BCUT2D eigenvalue weighted by Gasteiger charge is 2.54. The summed E-state index contributed by atoms with van der Waals surface area (Å²) in [5, 5.41) is 16.0. The Balaban J connectivity index is 1.42. The molecule has 12 nitrogen and oxygen atoms in total. The van der Waals surface area contributed by atoms with E-state index in [0.29, 0.717) is 17.5 Å². The number of ether oxygens (including phenoxy) is 1. The number of halogens is 4. The zero-order chi connectivity index (χ0) is 29.0. The minimum absolute atomic E-state index is 0.0328. The molecule has 212 valence electrons. The molecule has 1 aromatic heterocycles. The van der Waals surface area contributed by atoms with E-state index in [1.807, 2.05) is 0 Å². The molecule has 5 rings (SSSR count). The number of aromatic hydroxyl groups is 1. The van der Waals surface area contributed by atoms with Crippen LogP contribution in [0.25, 0.3) is 5.69 Å². The molecule has 3 aromatic rings. The maximum Gasteiger partial charge on any atom is 0.349 e. The number of hydrogen-bond acceptors (Lipinski definition) is 8.